The fourth-order valence-electron chi connectivity index (χ4n) is 3.55. The average molecular weight is 423 g/mol. The highest BCUT2D eigenvalue weighted by Crippen LogP contribution is 2.31. The van der Waals surface area contributed by atoms with Gasteiger partial charge < -0.3 is 20.1 Å². The molecule has 164 valence electrons. The van der Waals surface area contributed by atoms with Gasteiger partial charge in [-0.05, 0) is 54.7 Å². The summed E-state index contributed by atoms with van der Waals surface area (Å²) in [5.74, 6) is 1.48. The molecule has 1 atom stereocenters. The van der Waals surface area contributed by atoms with Crippen LogP contribution in [0.2, 0.25) is 0 Å². The molecule has 0 fully saturated rings. The Morgan fingerprint density at radius 3 is 2.16 bits per heavy atom. The van der Waals surface area contributed by atoms with Gasteiger partial charge in [-0.3, -0.25) is 0 Å². The summed E-state index contributed by atoms with van der Waals surface area (Å²) in [7, 11) is 0. The highest BCUT2D eigenvalue weighted by molar-refractivity contribution is 5.95. The number of nitrogens with one attached hydrogen (secondary N) is 2. The van der Waals surface area contributed by atoms with Gasteiger partial charge in [-0.25, -0.2) is 9.59 Å². The van der Waals surface area contributed by atoms with Crippen molar-refractivity contribution in [2.75, 3.05) is 6.61 Å². The number of allylic oxidation sites excluding steroid dienone is 1. The predicted octanol–water partition coefficient (Wildman–Crippen LogP) is 5.57. The number of esters is 1. The topological polar surface area (TPSA) is 76.7 Å². The van der Waals surface area contributed by atoms with E-state index < -0.39 is 12.0 Å². The zero-order chi connectivity index (χ0) is 22.4. The molecule has 0 bridgehead atoms. The van der Waals surface area contributed by atoms with E-state index in [-0.39, 0.29) is 12.6 Å². The summed E-state index contributed by atoms with van der Waals surface area (Å²) < 4.78 is 11.2. The van der Waals surface area contributed by atoms with Crippen molar-refractivity contribution in [2.45, 2.75) is 52.5 Å². The van der Waals surface area contributed by atoms with Gasteiger partial charge in [0.15, 0.2) is 0 Å². The Bertz CT molecular complexity index is 946. The van der Waals surface area contributed by atoms with E-state index in [1.807, 2.05) is 43.3 Å². The second-order valence-electron chi connectivity index (χ2n) is 7.79. The summed E-state index contributed by atoms with van der Waals surface area (Å²) in [5.41, 5.74) is 3.10. The number of urea groups is 1. The minimum absolute atomic E-state index is 0.269. The molecular formula is C25H30N2O4. The molecule has 2 aromatic carbocycles. The van der Waals surface area contributed by atoms with Crippen LogP contribution in [0.5, 0.6) is 11.5 Å². The Kier molecular flexibility index (Phi) is 7.34. The number of carbonyl (C=O) groups excluding carboxylic acids is 2. The van der Waals surface area contributed by atoms with E-state index in [1.165, 1.54) is 5.56 Å². The van der Waals surface area contributed by atoms with Gasteiger partial charge >= 0.3 is 12.0 Å². The SMILES string of the molecule is CCCC1=C(C(=O)OCC)C(c2ccc(Oc3ccc(C(C)C)cc3)cc2)NC(=O)N1. The Morgan fingerprint density at radius 1 is 1.00 bits per heavy atom. The molecule has 6 heteroatoms. The molecule has 1 aliphatic rings. The third-order valence-electron chi connectivity index (χ3n) is 5.14. The number of rotatable bonds is 8. The van der Waals surface area contributed by atoms with Crippen LogP contribution in [0, 0.1) is 0 Å². The van der Waals surface area contributed by atoms with Crippen LogP contribution in [0.15, 0.2) is 59.8 Å². The average Bonchev–Trinajstić information content (AvgIpc) is 2.74. The standard InChI is InChI=1S/C25H30N2O4/c1-5-7-21-22(24(28)30-6-2)23(27-25(29)26-21)18-10-14-20(15-11-18)31-19-12-8-17(9-13-19)16(3)4/h8-16,23H,5-7H2,1-4H3,(H2,26,27,29). The first-order valence-corrected chi connectivity index (χ1v) is 10.8. The second kappa shape index (κ2) is 10.2. The minimum Gasteiger partial charge on any atom is -0.463 e. The highest BCUT2D eigenvalue weighted by Gasteiger charge is 2.33. The first-order chi connectivity index (χ1) is 14.9. The summed E-state index contributed by atoms with van der Waals surface area (Å²) >= 11 is 0. The molecule has 1 heterocycles. The van der Waals surface area contributed by atoms with E-state index in [2.05, 4.69) is 36.6 Å². The van der Waals surface area contributed by atoms with Crippen molar-refractivity contribution in [2.24, 2.45) is 0 Å². The number of carbonyl (C=O) groups is 2. The van der Waals surface area contributed by atoms with Crippen molar-refractivity contribution in [3.8, 4) is 11.5 Å². The van der Waals surface area contributed by atoms with Gasteiger partial charge in [0.1, 0.15) is 11.5 Å². The summed E-state index contributed by atoms with van der Waals surface area (Å²) in [4.78, 5) is 24.9. The van der Waals surface area contributed by atoms with E-state index in [4.69, 9.17) is 9.47 Å². The first-order valence-electron chi connectivity index (χ1n) is 10.8. The van der Waals surface area contributed by atoms with E-state index >= 15 is 0 Å². The summed E-state index contributed by atoms with van der Waals surface area (Å²) in [6, 6.07) is 14.5. The maximum atomic E-state index is 12.7. The number of ether oxygens (including phenoxy) is 2. The van der Waals surface area contributed by atoms with E-state index in [0.29, 0.717) is 29.4 Å². The van der Waals surface area contributed by atoms with E-state index in [0.717, 1.165) is 17.7 Å². The number of benzene rings is 2. The monoisotopic (exact) mass is 422 g/mol. The molecule has 6 nitrogen and oxygen atoms in total. The lowest BCUT2D eigenvalue weighted by molar-refractivity contribution is -0.139. The van der Waals surface area contributed by atoms with Crippen LogP contribution < -0.4 is 15.4 Å². The zero-order valence-electron chi connectivity index (χ0n) is 18.5. The molecule has 2 aromatic rings. The third-order valence-corrected chi connectivity index (χ3v) is 5.14. The molecule has 0 saturated carbocycles. The molecule has 0 saturated heterocycles. The van der Waals surface area contributed by atoms with Gasteiger partial charge in [-0.1, -0.05) is 51.5 Å². The first kappa shape index (κ1) is 22.4. The molecular weight excluding hydrogens is 392 g/mol. The van der Waals surface area contributed by atoms with Crippen molar-refractivity contribution in [1.29, 1.82) is 0 Å². The third kappa shape index (κ3) is 5.45. The molecule has 2 amide bonds. The lowest BCUT2D eigenvalue weighted by Crippen LogP contribution is -2.46. The lowest BCUT2D eigenvalue weighted by atomic mass is 9.94. The van der Waals surface area contributed by atoms with Crippen molar-refractivity contribution < 1.29 is 19.1 Å². The molecule has 0 aliphatic carbocycles. The molecule has 2 N–H and O–H groups in total. The lowest BCUT2D eigenvalue weighted by Gasteiger charge is -2.29. The molecule has 3 rings (SSSR count). The van der Waals surface area contributed by atoms with E-state index in [9.17, 15) is 9.59 Å². The summed E-state index contributed by atoms with van der Waals surface area (Å²) in [6.45, 7) is 8.34. The molecule has 0 aromatic heterocycles. The molecule has 0 spiro atoms. The van der Waals surface area contributed by atoms with Crippen molar-refractivity contribution >= 4 is 12.0 Å². The molecule has 1 aliphatic heterocycles. The van der Waals surface area contributed by atoms with Gasteiger partial charge in [0, 0.05) is 5.70 Å². The summed E-state index contributed by atoms with van der Waals surface area (Å²) in [6.07, 6.45) is 1.39. The quantitative estimate of drug-likeness (QED) is 0.545. The van der Waals surface area contributed by atoms with Crippen molar-refractivity contribution in [1.82, 2.24) is 10.6 Å². The fourth-order valence-corrected chi connectivity index (χ4v) is 3.55. The van der Waals surface area contributed by atoms with Crippen molar-refractivity contribution in [3.63, 3.8) is 0 Å². The zero-order valence-corrected chi connectivity index (χ0v) is 18.5. The molecule has 31 heavy (non-hydrogen) atoms. The summed E-state index contributed by atoms with van der Waals surface area (Å²) in [5, 5.41) is 5.61. The van der Waals surface area contributed by atoms with Gasteiger partial charge in [0.25, 0.3) is 0 Å². The van der Waals surface area contributed by atoms with Crippen LogP contribution in [0.1, 0.15) is 63.6 Å². The Labute approximate surface area is 183 Å². The minimum atomic E-state index is -0.575. The molecule has 0 radical (unpaired) electrons. The second-order valence-corrected chi connectivity index (χ2v) is 7.79. The predicted molar refractivity (Wildman–Crippen MR) is 120 cm³/mol. The van der Waals surface area contributed by atoms with Gasteiger partial charge in [-0.2, -0.15) is 0 Å². The number of amides is 2. The maximum absolute atomic E-state index is 12.7. The van der Waals surface area contributed by atoms with Gasteiger partial charge in [0.2, 0.25) is 0 Å². The van der Waals surface area contributed by atoms with Crippen LogP contribution in [0.4, 0.5) is 4.79 Å². The van der Waals surface area contributed by atoms with Gasteiger partial charge in [0.05, 0.1) is 18.2 Å². The Morgan fingerprint density at radius 2 is 1.61 bits per heavy atom. The number of hydrogen-bond acceptors (Lipinski definition) is 4. The molecule has 1 unspecified atom stereocenters. The smallest absolute Gasteiger partial charge is 0.338 e. The van der Waals surface area contributed by atoms with Crippen LogP contribution >= 0.6 is 0 Å². The maximum Gasteiger partial charge on any atom is 0.338 e. The fraction of sp³-hybridized carbons (Fsp3) is 0.360. The van der Waals surface area contributed by atoms with Gasteiger partial charge in [-0.15, -0.1) is 0 Å². The Balaban J connectivity index is 1.84. The van der Waals surface area contributed by atoms with Crippen LogP contribution in [-0.2, 0) is 9.53 Å². The van der Waals surface area contributed by atoms with Crippen LogP contribution in [-0.4, -0.2) is 18.6 Å². The largest absolute Gasteiger partial charge is 0.463 e. The number of hydrogen-bond donors (Lipinski definition) is 2. The van der Waals surface area contributed by atoms with Crippen LogP contribution in [0.25, 0.3) is 0 Å². The highest BCUT2D eigenvalue weighted by atomic mass is 16.5. The van der Waals surface area contributed by atoms with E-state index in [1.54, 1.807) is 6.92 Å². The normalized spacial score (nSPS) is 16.0. The Hall–Kier alpha value is -3.28. The van der Waals surface area contributed by atoms with Crippen molar-refractivity contribution in [3.05, 3.63) is 70.9 Å². The van der Waals surface area contributed by atoms with Crippen LogP contribution in [0.3, 0.4) is 0 Å².